The lowest BCUT2D eigenvalue weighted by Gasteiger charge is -2.16. The summed E-state index contributed by atoms with van der Waals surface area (Å²) < 4.78 is 0. The summed E-state index contributed by atoms with van der Waals surface area (Å²) in [6.45, 7) is 0. The molecule has 1 aromatic rings. The highest BCUT2D eigenvalue weighted by molar-refractivity contribution is 5.57. The first kappa shape index (κ1) is 6.53. The zero-order valence-corrected chi connectivity index (χ0v) is 7.09. The van der Waals surface area contributed by atoms with Gasteiger partial charge in [-0.15, -0.1) is 0 Å². The monoisotopic (exact) mass is 159 g/mol. The van der Waals surface area contributed by atoms with E-state index in [-0.39, 0.29) is 0 Å². The smallest absolute Gasteiger partial charge is 0.0352 e. The van der Waals surface area contributed by atoms with Crippen LogP contribution in [0.5, 0.6) is 0 Å². The first-order chi connectivity index (χ1) is 5.86. The standard InChI is InChI=1S/C11H13N/c12-10-3-1-2-9-7-4-5-8(6-7)11(9)10/h1-3,7-8H,4-6,12H2. The zero-order valence-electron chi connectivity index (χ0n) is 7.09. The highest BCUT2D eigenvalue weighted by Gasteiger charge is 2.37. The Balaban J connectivity index is 2.26. The number of fused-ring (bicyclic) bond motifs is 5. The van der Waals surface area contributed by atoms with E-state index < -0.39 is 0 Å². The van der Waals surface area contributed by atoms with Crippen LogP contribution >= 0.6 is 0 Å². The molecule has 0 amide bonds. The fraction of sp³-hybridized carbons (Fsp3) is 0.455. The van der Waals surface area contributed by atoms with E-state index >= 15 is 0 Å². The molecule has 62 valence electrons. The van der Waals surface area contributed by atoms with E-state index in [0.29, 0.717) is 0 Å². The minimum absolute atomic E-state index is 0.797. The van der Waals surface area contributed by atoms with Crippen molar-refractivity contribution in [2.24, 2.45) is 0 Å². The summed E-state index contributed by atoms with van der Waals surface area (Å²) in [5, 5.41) is 0. The number of anilines is 1. The van der Waals surface area contributed by atoms with Crippen molar-refractivity contribution in [3.05, 3.63) is 29.3 Å². The summed E-state index contributed by atoms with van der Waals surface area (Å²) >= 11 is 0. The van der Waals surface area contributed by atoms with Crippen LogP contribution in [0, 0.1) is 0 Å². The molecule has 0 radical (unpaired) electrons. The predicted molar refractivity (Wildman–Crippen MR) is 50.2 cm³/mol. The summed E-state index contributed by atoms with van der Waals surface area (Å²) in [4.78, 5) is 0. The van der Waals surface area contributed by atoms with Crippen LogP contribution in [0.2, 0.25) is 0 Å². The van der Waals surface area contributed by atoms with Crippen molar-refractivity contribution in [2.45, 2.75) is 31.1 Å². The van der Waals surface area contributed by atoms with Gasteiger partial charge in [0.2, 0.25) is 0 Å². The third-order valence-corrected chi connectivity index (χ3v) is 3.45. The van der Waals surface area contributed by atoms with Crippen LogP contribution in [-0.2, 0) is 0 Å². The molecule has 2 bridgehead atoms. The van der Waals surface area contributed by atoms with Gasteiger partial charge in [-0.1, -0.05) is 12.1 Å². The van der Waals surface area contributed by atoms with Crippen molar-refractivity contribution in [3.63, 3.8) is 0 Å². The van der Waals surface area contributed by atoms with Gasteiger partial charge in [-0.05, 0) is 48.3 Å². The van der Waals surface area contributed by atoms with E-state index in [1.165, 1.54) is 24.8 Å². The lowest BCUT2D eigenvalue weighted by Crippen LogP contribution is -2.01. The Labute approximate surface area is 72.6 Å². The van der Waals surface area contributed by atoms with Gasteiger partial charge < -0.3 is 5.73 Å². The number of rotatable bonds is 0. The fourth-order valence-electron chi connectivity index (χ4n) is 2.96. The molecule has 1 nitrogen and oxygen atoms in total. The Morgan fingerprint density at radius 1 is 1.17 bits per heavy atom. The van der Waals surface area contributed by atoms with Gasteiger partial charge in [-0.3, -0.25) is 0 Å². The second kappa shape index (κ2) is 2.03. The minimum Gasteiger partial charge on any atom is -0.398 e. The molecule has 0 heterocycles. The third-order valence-electron chi connectivity index (χ3n) is 3.45. The summed E-state index contributed by atoms with van der Waals surface area (Å²) in [5.74, 6) is 1.64. The van der Waals surface area contributed by atoms with Crippen LogP contribution in [-0.4, -0.2) is 0 Å². The molecular weight excluding hydrogens is 146 g/mol. The minimum atomic E-state index is 0.797. The molecule has 0 saturated heterocycles. The zero-order chi connectivity index (χ0) is 8.13. The average Bonchev–Trinajstić information content (AvgIpc) is 2.64. The fourth-order valence-corrected chi connectivity index (χ4v) is 2.96. The largest absolute Gasteiger partial charge is 0.398 e. The van der Waals surface area contributed by atoms with Gasteiger partial charge >= 0.3 is 0 Å². The van der Waals surface area contributed by atoms with E-state index in [0.717, 1.165) is 17.5 Å². The number of nitrogens with two attached hydrogens (primary N) is 1. The molecule has 12 heavy (non-hydrogen) atoms. The number of benzene rings is 1. The quantitative estimate of drug-likeness (QED) is 0.578. The van der Waals surface area contributed by atoms with Crippen LogP contribution in [0.25, 0.3) is 0 Å². The summed E-state index contributed by atoms with van der Waals surface area (Å²) in [5.41, 5.74) is 10.0. The molecule has 0 aliphatic heterocycles. The van der Waals surface area contributed by atoms with Crippen LogP contribution in [0.1, 0.15) is 42.2 Å². The van der Waals surface area contributed by atoms with Crippen LogP contribution in [0.4, 0.5) is 5.69 Å². The van der Waals surface area contributed by atoms with Gasteiger partial charge in [0.05, 0.1) is 0 Å². The molecule has 1 aromatic carbocycles. The van der Waals surface area contributed by atoms with Crippen molar-refractivity contribution in [2.75, 3.05) is 5.73 Å². The van der Waals surface area contributed by atoms with Gasteiger partial charge in [0, 0.05) is 5.69 Å². The predicted octanol–water partition coefficient (Wildman–Crippen LogP) is 2.63. The molecule has 0 spiro atoms. The molecule has 2 N–H and O–H groups in total. The molecule has 2 aliphatic rings. The first-order valence-corrected chi connectivity index (χ1v) is 4.74. The van der Waals surface area contributed by atoms with Crippen molar-refractivity contribution >= 4 is 5.69 Å². The Kier molecular flexibility index (Phi) is 1.11. The Bertz CT molecular complexity index is 330. The molecule has 1 fully saturated rings. The number of nitrogen functional groups attached to an aromatic ring is 1. The van der Waals surface area contributed by atoms with Crippen molar-refractivity contribution in [1.29, 1.82) is 0 Å². The van der Waals surface area contributed by atoms with Gasteiger partial charge in [0.15, 0.2) is 0 Å². The molecular formula is C11H13N. The van der Waals surface area contributed by atoms with Gasteiger partial charge in [0.1, 0.15) is 0 Å². The summed E-state index contributed by atoms with van der Waals surface area (Å²) in [7, 11) is 0. The van der Waals surface area contributed by atoms with Crippen molar-refractivity contribution in [3.8, 4) is 0 Å². The van der Waals surface area contributed by atoms with Crippen molar-refractivity contribution in [1.82, 2.24) is 0 Å². The molecule has 2 unspecified atom stereocenters. The highest BCUT2D eigenvalue weighted by Crippen LogP contribution is 2.54. The summed E-state index contributed by atoms with van der Waals surface area (Å²) in [6, 6.07) is 6.39. The molecule has 1 heteroatoms. The molecule has 3 rings (SSSR count). The first-order valence-electron chi connectivity index (χ1n) is 4.74. The molecule has 1 saturated carbocycles. The van der Waals surface area contributed by atoms with E-state index in [1.54, 1.807) is 5.56 Å². The number of hydrogen-bond donors (Lipinski definition) is 1. The Morgan fingerprint density at radius 2 is 2.00 bits per heavy atom. The SMILES string of the molecule is Nc1cccc2c1C1CCC2C1. The number of hydrogen-bond acceptors (Lipinski definition) is 1. The maximum absolute atomic E-state index is 5.96. The van der Waals surface area contributed by atoms with E-state index in [9.17, 15) is 0 Å². The Hall–Kier alpha value is -0.980. The van der Waals surface area contributed by atoms with Crippen LogP contribution < -0.4 is 5.73 Å². The van der Waals surface area contributed by atoms with Crippen molar-refractivity contribution < 1.29 is 0 Å². The van der Waals surface area contributed by atoms with E-state index in [1.807, 2.05) is 6.07 Å². The van der Waals surface area contributed by atoms with E-state index in [2.05, 4.69) is 12.1 Å². The second-order valence-electron chi connectivity index (χ2n) is 4.06. The van der Waals surface area contributed by atoms with Gasteiger partial charge in [-0.25, -0.2) is 0 Å². The molecule has 2 aliphatic carbocycles. The molecule has 2 atom stereocenters. The topological polar surface area (TPSA) is 26.0 Å². The summed E-state index contributed by atoms with van der Waals surface area (Å²) in [6.07, 6.45) is 4.12. The average molecular weight is 159 g/mol. The van der Waals surface area contributed by atoms with Crippen LogP contribution in [0.15, 0.2) is 18.2 Å². The van der Waals surface area contributed by atoms with Gasteiger partial charge in [-0.2, -0.15) is 0 Å². The Morgan fingerprint density at radius 3 is 2.83 bits per heavy atom. The third kappa shape index (κ3) is 0.644. The lowest BCUT2D eigenvalue weighted by atomic mass is 9.91. The van der Waals surface area contributed by atoms with E-state index in [4.69, 9.17) is 5.73 Å². The maximum Gasteiger partial charge on any atom is 0.0352 e. The van der Waals surface area contributed by atoms with Gasteiger partial charge in [0.25, 0.3) is 0 Å². The molecule has 0 aromatic heterocycles. The second-order valence-corrected chi connectivity index (χ2v) is 4.06. The van der Waals surface area contributed by atoms with Crippen LogP contribution in [0.3, 0.4) is 0 Å². The normalized spacial score (nSPS) is 30.7. The lowest BCUT2D eigenvalue weighted by molar-refractivity contribution is 0.719. The maximum atomic E-state index is 5.96. The highest BCUT2D eigenvalue weighted by atomic mass is 14.6.